The number of imidazole rings is 1. The lowest BCUT2D eigenvalue weighted by Crippen LogP contribution is -2.00. The number of hydrogen-bond acceptors (Lipinski definition) is 4. The summed E-state index contributed by atoms with van der Waals surface area (Å²) in [5.41, 5.74) is 9.91. The first-order chi connectivity index (χ1) is 13.8. The van der Waals surface area contributed by atoms with Crippen LogP contribution in [-0.2, 0) is 6.61 Å². The van der Waals surface area contributed by atoms with E-state index in [1.807, 2.05) is 84.9 Å². The molecule has 0 saturated carbocycles. The van der Waals surface area contributed by atoms with Crippen molar-refractivity contribution < 1.29 is 4.74 Å². The Morgan fingerprint density at radius 1 is 0.893 bits per heavy atom. The summed E-state index contributed by atoms with van der Waals surface area (Å²) in [6.45, 7) is 0.542. The zero-order valence-electron chi connectivity index (χ0n) is 15.3. The predicted octanol–water partition coefficient (Wildman–Crippen LogP) is 4.59. The first-order valence-corrected chi connectivity index (χ1v) is 8.99. The molecule has 1 heterocycles. The van der Waals surface area contributed by atoms with E-state index in [4.69, 9.17) is 10.5 Å². The zero-order valence-corrected chi connectivity index (χ0v) is 15.3. The lowest BCUT2D eigenvalue weighted by atomic mass is 10.2. The van der Waals surface area contributed by atoms with E-state index in [2.05, 4.69) is 10.1 Å². The van der Waals surface area contributed by atoms with Crippen LogP contribution in [0.4, 0.5) is 5.95 Å². The highest BCUT2D eigenvalue weighted by Gasteiger charge is 2.08. The Balaban J connectivity index is 1.46. The third-order valence-electron chi connectivity index (χ3n) is 4.28. The van der Waals surface area contributed by atoms with E-state index in [-0.39, 0.29) is 0 Å². The van der Waals surface area contributed by atoms with E-state index in [1.54, 1.807) is 17.1 Å². The molecule has 0 amide bonds. The van der Waals surface area contributed by atoms with Crippen molar-refractivity contribution in [3.63, 3.8) is 0 Å². The van der Waals surface area contributed by atoms with Crippen LogP contribution < -0.4 is 10.5 Å². The number of rotatable bonds is 6. The van der Waals surface area contributed by atoms with E-state index >= 15 is 0 Å². The van der Waals surface area contributed by atoms with Crippen LogP contribution in [0.25, 0.3) is 11.3 Å². The molecule has 3 aromatic carbocycles. The molecule has 0 saturated heterocycles. The van der Waals surface area contributed by atoms with E-state index in [0.717, 1.165) is 28.1 Å². The maximum absolute atomic E-state index is 5.98. The highest BCUT2D eigenvalue weighted by atomic mass is 16.5. The molecule has 0 aliphatic carbocycles. The number of nitrogens with zero attached hydrogens (tertiary/aromatic N) is 3. The normalized spacial score (nSPS) is 11.0. The highest BCUT2D eigenvalue weighted by molar-refractivity contribution is 5.80. The molecule has 0 fully saturated rings. The molecule has 0 bridgehead atoms. The SMILES string of the molecule is Nc1ncc(-c2ccccc2)n1N=Cc1ccc(OCc2ccccc2)cc1. The van der Waals surface area contributed by atoms with Gasteiger partial charge in [-0.15, -0.1) is 0 Å². The van der Waals surface area contributed by atoms with Crippen molar-refractivity contribution in [2.45, 2.75) is 6.61 Å². The van der Waals surface area contributed by atoms with Gasteiger partial charge in [-0.2, -0.15) is 9.78 Å². The van der Waals surface area contributed by atoms with Crippen LogP contribution in [0.2, 0.25) is 0 Å². The van der Waals surface area contributed by atoms with Crippen LogP contribution in [0, 0.1) is 0 Å². The van der Waals surface area contributed by atoms with Gasteiger partial charge in [0.05, 0.1) is 18.1 Å². The van der Waals surface area contributed by atoms with Gasteiger partial charge >= 0.3 is 0 Å². The number of nitrogen functional groups attached to an aromatic ring is 1. The molecule has 0 atom stereocenters. The topological polar surface area (TPSA) is 65.4 Å². The summed E-state index contributed by atoms with van der Waals surface area (Å²) in [7, 11) is 0. The summed E-state index contributed by atoms with van der Waals surface area (Å²) in [4.78, 5) is 4.18. The fourth-order valence-electron chi connectivity index (χ4n) is 2.80. The molecule has 5 nitrogen and oxygen atoms in total. The fourth-order valence-corrected chi connectivity index (χ4v) is 2.80. The van der Waals surface area contributed by atoms with Gasteiger partial charge in [0.25, 0.3) is 0 Å². The summed E-state index contributed by atoms with van der Waals surface area (Å²) in [6.07, 6.45) is 3.48. The van der Waals surface area contributed by atoms with Gasteiger partial charge in [0, 0.05) is 5.56 Å². The van der Waals surface area contributed by atoms with Crippen LogP contribution >= 0.6 is 0 Å². The van der Waals surface area contributed by atoms with Crippen molar-refractivity contribution in [1.82, 2.24) is 9.66 Å². The fraction of sp³-hybridized carbons (Fsp3) is 0.0435. The smallest absolute Gasteiger partial charge is 0.221 e. The molecule has 0 spiro atoms. The molecule has 0 aliphatic heterocycles. The van der Waals surface area contributed by atoms with Crippen LogP contribution in [0.3, 0.4) is 0 Å². The van der Waals surface area contributed by atoms with E-state index < -0.39 is 0 Å². The number of ether oxygens (including phenoxy) is 1. The van der Waals surface area contributed by atoms with E-state index in [0.29, 0.717) is 12.6 Å². The predicted molar refractivity (Wildman–Crippen MR) is 112 cm³/mol. The Bertz CT molecular complexity index is 1050. The third-order valence-corrected chi connectivity index (χ3v) is 4.28. The van der Waals surface area contributed by atoms with Crippen LogP contribution in [0.1, 0.15) is 11.1 Å². The number of hydrogen-bond donors (Lipinski definition) is 1. The minimum atomic E-state index is 0.345. The van der Waals surface area contributed by atoms with Crippen molar-refractivity contribution >= 4 is 12.2 Å². The first kappa shape index (κ1) is 17.5. The van der Waals surface area contributed by atoms with Crippen molar-refractivity contribution in [3.05, 3.63) is 102 Å². The lowest BCUT2D eigenvalue weighted by Gasteiger charge is -2.06. The molecule has 0 aliphatic rings. The van der Waals surface area contributed by atoms with Gasteiger partial charge in [-0.05, 0) is 35.4 Å². The second-order valence-corrected chi connectivity index (χ2v) is 6.27. The highest BCUT2D eigenvalue weighted by Crippen LogP contribution is 2.21. The quantitative estimate of drug-likeness (QED) is 0.506. The Labute approximate surface area is 163 Å². The third kappa shape index (κ3) is 4.10. The summed E-state index contributed by atoms with van der Waals surface area (Å²) in [5.74, 6) is 1.16. The van der Waals surface area contributed by atoms with Gasteiger partial charge < -0.3 is 10.5 Å². The van der Waals surface area contributed by atoms with Crippen LogP contribution in [-0.4, -0.2) is 15.9 Å². The second-order valence-electron chi connectivity index (χ2n) is 6.27. The van der Waals surface area contributed by atoms with Crippen LogP contribution in [0.5, 0.6) is 5.75 Å². The summed E-state index contributed by atoms with van der Waals surface area (Å²) in [5, 5.41) is 4.50. The van der Waals surface area contributed by atoms with Crippen molar-refractivity contribution in [3.8, 4) is 17.0 Å². The molecule has 0 radical (unpaired) electrons. The molecule has 28 heavy (non-hydrogen) atoms. The Morgan fingerprint density at radius 2 is 1.57 bits per heavy atom. The lowest BCUT2D eigenvalue weighted by molar-refractivity contribution is 0.306. The molecule has 5 heteroatoms. The molecule has 0 unspecified atom stereocenters. The van der Waals surface area contributed by atoms with Gasteiger partial charge in [-0.25, -0.2) is 4.98 Å². The standard InChI is InChI=1S/C23H20N4O/c24-23-25-16-22(20-9-5-2-6-10-20)27(23)26-15-18-11-13-21(14-12-18)28-17-19-7-3-1-4-8-19/h1-16H,17H2,(H2,24,25). The maximum atomic E-state index is 5.98. The summed E-state index contributed by atoms with van der Waals surface area (Å²) >= 11 is 0. The summed E-state index contributed by atoms with van der Waals surface area (Å²) in [6, 6.07) is 27.8. The second kappa shape index (κ2) is 8.22. The molecule has 138 valence electrons. The average Bonchev–Trinajstić information content (AvgIpc) is 3.13. The Morgan fingerprint density at radius 3 is 2.29 bits per heavy atom. The van der Waals surface area contributed by atoms with Crippen molar-refractivity contribution in [1.29, 1.82) is 0 Å². The molecule has 4 aromatic rings. The Hall–Kier alpha value is -3.86. The average molecular weight is 368 g/mol. The molecule has 2 N–H and O–H groups in total. The van der Waals surface area contributed by atoms with E-state index in [9.17, 15) is 0 Å². The van der Waals surface area contributed by atoms with E-state index in [1.165, 1.54) is 0 Å². The number of aromatic nitrogens is 2. The minimum Gasteiger partial charge on any atom is -0.489 e. The first-order valence-electron chi connectivity index (χ1n) is 8.99. The van der Waals surface area contributed by atoms with Gasteiger partial charge in [-0.3, -0.25) is 0 Å². The molecule has 1 aromatic heterocycles. The monoisotopic (exact) mass is 368 g/mol. The molecular formula is C23H20N4O. The molecule has 4 rings (SSSR count). The van der Waals surface area contributed by atoms with Gasteiger partial charge in [0.2, 0.25) is 5.95 Å². The maximum Gasteiger partial charge on any atom is 0.221 e. The number of nitrogens with two attached hydrogens (primary N) is 1. The van der Waals surface area contributed by atoms with Crippen LogP contribution in [0.15, 0.2) is 96.2 Å². The number of anilines is 1. The largest absolute Gasteiger partial charge is 0.489 e. The minimum absolute atomic E-state index is 0.345. The van der Waals surface area contributed by atoms with Gasteiger partial charge in [-0.1, -0.05) is 60.7 Å². The van der Waals surface area contributed by atoms with Crippen molar-refractivity contribution in [2.24, 2.45) is 5.10 Å². The Kier molecular flexibility index (Phi) is 5.15. The van der Waals surface area contributed by atoms with Crippen molar-refractivity contribution in [2.75, 3.05) is 5.73 Å². The van der Waals surface area contributed by atoms with Gasteiger partial charge in [0.15, 0.2) is 0 Å². The summed E-state index contributed by atoms with van der Waals surface area (Å²) < 4.78 is 7.45. The number of benzene rings is 3. The molecular weight excluding hydrogens is 348 g/mol. The zero-order chi connectivity index (χ0) is 19.2. The van der Waals surface area contributed by atoms with Gasteiger partial charge in [0.1, 0.15) is 12.4 Å².